The van der Waals surface area contributed by atoms with Gasteiger partial charge in [0.25, 0.3) is 0 Å². The van der Waals surface area contributed by atoms with E-state index in [-0.39, 0.29) is 11.8 Å². The SMILES string of the molecule is CNC(c1cccc(OC(F)(F)F)c1)c1scnc1C. The Labute approximate surface area is 118 Å². The van der Waals surface area contributed by atoms with Gasteiger partial charge in [0.15, 0.2) is 0 Å². The van der Waals surface area contributed by atoms with Crippen LogP contribution >= 0.6 is 11.3 Å². The van der Waals surface area contributed by atoms with E-state index in [1.165, 1.54) is 29.5 Å². The monoisotopic (exact) mass is 302 g/mol. The number of aryl methyl sites for hydroxylation is 1. The van der Waals surface area contributed by atoms with Gasteiger partial charge in [0, 0.05) is 4.88 Å². The molecule has 0 aliphatic heterocycles. The van der Waals surface area contributed by atoms with Gasteiger partial charge < -0.3 is 10.1 Å². The van der Waals surface area contributed by atoms with E-state index < -0.39 is 6.36 Å². The summed E-state index contributed by atoms with van der Waals surface area (Å²) in [4.78, 5) is 5.13. The zero-order valence-corrected chi connectivity index (χ0v) is 11.7. The van der Waals surface area contributed by atoms with Crippen molar-refractivity contribution >= 4 is 11.3 Å². The molecule has 0 aliphatic rings. The predicted molar refractivity (Wildman–Crippen MR) is 70.9 cm³/mol. The molecule has 0 aliphatic carbocycles. The van der Waals surface area contributed by atoms with Gasteiger partial charge in [0.2, 0.25) is 0 Å². The zero-order valence-electron chi connectivity index (χ0n) is 10.9. The minimum absolute atomic E-state index is 0.209. The molecule has 0 radical (unpaired) electrons. The number of benzene rings is 1. The number of nitrogens with zero attached hydrogens (tertiary/aromatic N) is 1. The van der Waals surface area contributed by atoms with Crippen LogP contribution in [0.5, 0.6) is 5.75 Å². The number of rotatable bonds is 4. The quantitative estimate of drug-likeness (QED) is 0.936. The molecule has 2 rings (SSSR count). The van der Waals surface area contributed by atoms with Crippen LogP contribution in [-0.2, 0) is 0 Å². The smallest absolute Gasteiger partial charge is 0.406 e. The molecule has 20 heavy (non-hydrogen) atoms. The van der Waals surface area contributed by atoms with Crippen LogP contribution in [0.25, 0.3) is 0 Å². The second-order valence-corrected chi connectivity index (χ2v) is 5.03. The zero-order chi connectivity index (χ0) is 14.8. The number of thiazole rings is 1. The summed E-state index contributed by atoms with van der Waals surface area (Å²) >= 11 is 1.46. The summed E-state index contributed by atoms with van der Waals surface area (Å²) in [5, 5.41) is 3.09. The van der Waals surface area contributed by atoms with Gasteiger partial charge in [-0.2, -0.15) is 0 Å². The molecule has 1 aromatic heterocycles. The fourth-order valence-electron chi connectivity index (χ4n) is 1.93. The number of aromatic nitrogens is 1. The van der Waals surface area contributed by atoms with Crippen molar-refractivity contribution < 1.29 is 17.9 Å². The summed E-state index contributed by atoms with van der Waals surface area (Å²) in [5.74, 6) is -0.225. The molecule has 0 saturated heterocycles. The molecule has 0 spiro atoms. The predicted octanol–water partition coefficient (Wildman–Crippen LogP) is 3.66. The third-order valence-electron chi connectivity index (χ3n) is 2.76. The summed E-state index contributed by atoms with van der Waals surface area (Å²) in [7, 11) is 1.75. The molecule has 2 aromatic rings. The molecule has 7 heteroatoms. The maximum absolute atomic E-state index is 12.2. The highest BCUT2D eigenvalue weighted by Gasteiger charge is 2.31. The highest BCUT2D eigenvalue weighted by atomic mass is 32.1. The number of nitrogens with one attached hydrogen (secondary N) is 1. The van der Waals surface area contributed by atoms with Gasteiger partial charge in [-0.25, -0.2) is 4.98 Å². The molecule has 108 valence electrons. The molecule has 0 fully saturated rings. The Kier molecular flexibility index (Phi) is 4.29. The number of ether oxygens (including phenoxy) is 1. The molecule has 1 aromatic carbocycles. The highest BCUT2D eigenvalue weighted by molar-refractivity contribution is 7.09. The van der Waals surface area contributed by atoms with Crippen molar-refractivity contribution in [2.45, 2.75) is 19.3 Å². The number of hydrogen-bond donors (Lipinski definition) is 1. The normalized spacial score (nSPS) is 13.2. The van der Waals surface area contributed by atoms with Crippen molar-refractivity contribution in [3.8, 4) is 5.75 Å². The van der Waals surface area contributed by atoms with Crippen molar-refractivity contribution in [1.82, 2.24) is 10.3 Å². The highest BCUT2D eigenvalue weighted by Crippen LogP contribution is 2.31. The van der Waals surface area contributed by atoms with Crippen LogP contribution in [0.15, 0.2) is 29.8 Å². The number of hydrogen-bond acceptors (Lipinski definition) is 4. The average Bonchev–Trinajstić information content (AvgIpc) is 2.75. The summed E-state index contributed by atoms with van der Waals surface area (Å²) < 4.78 is 40.7. The Bertz CT molecular complexity index is 583. The van der Waals surface area contributed by atoms with Crippen molar-refractivity contribution in [3.05, 3.63) is 45.9 Å². The second kappa shape index (κ2) is 5.80. The van der Waals surface area contributed by atoms with Crippen LogP contribution < -0.4 is 10.1 Å². The van der Waals surface area contributed by atoms with Crippen molar-refractivity contribution in [3.63, 3.8) is 0 Å². The van der Waals surface area contributed by atoms with Gasteiger partial charge in [0.05, 0.1) is 17.2 Å². The summed E-state index contributed by atoms with van der Waals surface area (Å²) in [6.07, 6.45) is -4.69. The summed E-state index contributed by atoms with van der Waals surface area (Å²) in [6, 6.07) is 5.75. The Morgan fingerprint density at radius 3 is 2.65 bits per heavy atom. The molecule has 1 N–H and O–H groups in total. The first-order chi connectivity index (χ1) is 9.40. The fraction of sp³-hybridized carbons (Fsp3) is 0.308. The van der Waals surface area contributed by atoms with Crippen LogP contribution in [0.2, 0.25) is 0 Å². The lowest BCUT2D eigenvalue weighted by molar-refractivity contribution is -0.274. The van der Waals surface area contributed by atoms with Crippen LogP contribution in [0, 0.1) is 6.92 Å². The van der Waals surface area contributed by atoms with E-state index in [2.05, 4.69) is 15.0 Å². The number of halogens is 3. The van der Waals surface area contributed by atoms with Gasteiger partial charge in [0.1, 0.15) is 5.75 Å². The third kappa shape index (κ3) is 3.49. The van der Waals surface area contributed by atoms with Gasteiger partial charge >= 0.3 is 6.36 Å². The molecule has 0 saturated carbocycles. The van der Waals surface area contributed by atoms with E-state index in [0.717, 1.165) is 10.6 Å². The summed E-state index contributed by atoms with van der Waals surface area (Å²) in [5.41, 5.74) is 3.27. The number of alkyl halides is 3. The van der Waals surface area contributed by atoms with E-state index in [1.54, 1.807) is 18.6 Å². The Morgan fingerprint density at radius 2 is 2.10 bits per heavy atom. The Balaban J connectivity index is 2.32. The fourth-order valence-corrected chi connectivity index (χ4v) is 2.87. The largest absolute Gasteiger partial charge is 0.573 e. The van der Waals surface area contributed by atoms with Gasteiger partial charge in [-0.15, -0.1) is 24.5 Å². The van der Waals surface area contributed by atoms with Crippen LogP contribution in [-0.4, -0.2) is 18.4 Å². The van der Waals surface area contributed by atoms with Crippen molar-refractivity contribution in [2.75, 3.05) is 7.05 Å². The molecule has 0 bridgehead atoms. The molecular weight excluding hydrogens is 289 g/mol. The Morgan fingerprint density at radius 1 is 1.35 bits per heavy atom. The van der Waals surface area contributed by atoms with Crippen LogP contribution in [0.4, 0.5) is 13.2 Å². The minimum Gasteiger partial charge on any atom is -0.406 e. The molecule has 1 atom stereocenters. The maximum Gasteiger partial charge on any atom is 0.573 e. The van der Waals surface area contributed by atoms with E-state index >= 15 is 0 Å². The van der Waals surface area contributed by atoms with Crippen molar-refractivity contribution in [1.29, 1.82) is 0 Å². The van der Waals surface area contributed by atoms with E-state index in [4.69, 9.17) is 0 Å². The lowest BCUT2D eigenvalue weighted by Crippen LogP contribution is -2.19. The van der Waals surface area contributed by atoms with E-state index in [1.807, 2.05) is 6.92 Å². The van der Waals surface area contributed by atoms with Gasteiger partial charge in [-0.3, -0.25) is 0 Å². The van der Waals surface area contributed by atoms with E-state index in [9.17, 15) is 13.2 Å². The standard InChI is InChI=1S/C13H13F3N2OS/c1-8-12(20-7-18-8)11(17-2)9-4-3-5-10(6-9)19-13(14,15)16/h3-7,11,17H,1-2H3. The lowest BCUT2D eigenvalue weighted by Gasteiger charge is -2.17. The van der Waals surface area contributed by atoms with Crippen LogP contribution in [0.1, 0.15) is 22.2 Å². The Hall–Kier alpha value is -1.60. The van der Waals surface area contributed by atoms with Crippen LogP contribution in [0.3, 0.4) is 0 Å². The topological polar surface area (TPSA) is 34.1 Å². The summed E-state index contributed by atoms with van der Waals surface area (Å²) in [6.45, 7) is 1.87. The first-order valence-corrected chi connectivity index (χ1v) is 6.71. The minimum atomic E-state index is -4.69. The third-order valence-corrected chi connectivity index (χ3v) is 3.75. The molecule has 0 amide bonds. The van der Waals surface area contributed by atoms with Gasteiger partial charge in [-0.05, 0) is 31.7 Å². The van der Waals surface area contributed by atoms with Gasteiger partial charge in [-0.1, -0.05) is 12.1 Å². The second-order valence-electron chi connectivity index (χ2n) is 4.14. The molecule has 3 nitrogen and oxygen atoms in total. The first-order valence-electron chi connectivity index (χ1n) is 5.83. The maximum atomic E-state index is 12.2. The first kappa shape index (κ1) is 14.8. The van der Waals surface area contributed by atoms with Crippen molar-refractivity contribution in [2.24, 2.45) is 0 Å². The van der Waals surface area contributed by atoms with E-state index in [0.29, 0.717) is 5.56 Å². The molecule has 1 heterocycles. The average molecular weight is 302 g/mol. The lowest BCUT2D eigenvalue weighted by atomic mass is 10.0. The molecular formula is C13H13F3N2OS. The molecule has 1 unspecified atom stereocenters.